The zero-order valence-corrected chi connectivity index (χ0v) is 15.4. The van der Waals surface area contributed by atoms with Crippen LogP contribution in [0.5, 0.6) is 0 Å². The SMILES string of the molecule is CC[N+](C)(CC)CCOC.CC[N+](C)(CC)CCOC. The molecule has 0 bridgehead atoms. The van der Waals surface area contributed by atoms with E-state index in [-0.39, 0.29) is 0 Å². The third-order valence-corrected chi connectivity index (χ3v) is 4.72. The first-order chi connectivity index (χ1) is 9.36. The number of hydrogen-bond donors (Lipinski definition) is 0. The van der Waals surface area contributed by atoms with Gasteiger partial charge in [0.15, 0.2) is 0 Å². The molecule has 20 heavy (non-hydrogen) atoms. The van der Waals surface area contributed by atoms with Crippen molar-refractivity contribution >= 4 is 0 Å². The van der Waals surface area contributed by atoms with Gasteiger partial charge in [-0.1, -0.05) is 0 Å². The van der Waals surface area contributed by atoms with Gasteiger partial charge >= 0.3 is 0 Å². The Bertz CT molecular complexity index is 181. The Hall–Kier alpha value is -0.160. The Balaban J connectivity index is 0. The zero-order chi connectivity index (χ0) is 16.1. The third kappa shape index (κ3) is 10.6. The molecule has 0 aromatic heterocycles. The molecular formula is C16H40N2O2+2. The number of nitrogens with zero attached hydrogens (tertiary/aromatic N) is 2. The van der Waals surface area contributed by atoms with Gasteiger partial charge in [0.2, 0.25) is 0 Å². The van der Waals surface area contributed by atoms with Crippen molar-refractivity contribution in [3.8, 4) is 0 Å². The quantitative estimate of drug-likeness (QED) is 0.575. The van der Waals surface area contributed by atoms with Gasteiger partial charge in [-0.05, 0) is 27.7 Å². The van der Waals surface area contributed by atoms with Crippen LogP contribution >= 0.6 is 0 Å². The van der Waals surface area contributed by atoms with E-state index in [4.69, 9.17) is 9.47 Å². The molecule has 0 aromatic carbocycles. The summed E-state index contributed by atoms with van der Waals surface area (Å²) in [5, 5.41) is 0. The zero-order valence-electron chi connectivity index (χ0n) is 15.4. The van der Waals surface area contributed by atoms with Gasteiger partial charge in [-0.2, -0.15) is 0 Å². The van der Waals surface area contributed by atoms with E-state index in [1.54, 1.807) is 14.2 Å². The van der Waals surface area contributed by atoms with Gasteiger partial charge in [-0.15, -0.1) is 0 Å². The second kappa shape index (κ2) is 12.6. The lowest BCUT2D eigenvalue weighted by molar-refractivity contribution is -0.906. The predicted molar refractivity (Wildman–Crippen MR) is 88.0 cm³/mol. The van der Waals surface area contributed by atoms with Crippen LogP contribution in [0.4, 0.5) is 0 Å². The molecule has 0 saturated heterocycles. The van der Waals surface area contributed by atoms with Gasteiger partial charge in [0, 0.05) is 14.2 Å². The van der Waals surface area contributed by atoms with Gasteiger partial charge in [0.25, 0.3) is 0 Å². The van der Waals surface area contributed by atoms with E-state index in [1.165, 1.54) is 26.2 Å². The molecule has 0 amide bonds. The number of hydrogen-bond acceptors (Lipinski definition) is 2. The Morgan fingerprint density at radius 3 is 1.00 bits per heavy atom. The maximum atomic E-state index is 5.03. The molecule has 0 rings (SSSR count). The molecule has 0 heterocycles. The fraction of sp³-hybridized carbons (Fsp3) is 1.00. The van der Waals surface area contributed by atoms with Gasteiger partial charge in [-0.3, -0.25) is 0 Å². The van der Waals surface area contributed by atoms with E-state index < -0.39 is 0 Å². The van der Waals surface area contributed by atoms with E-state index in [0.717, 1.165) is 35.3 Å². The molecule has 0 aliphatic carbocycles. The molecule has 0 N–H and O–H groups in total. The lowest BCUT2D eigenvalue weighted by atomic mass is 10.4. The van der Waals surface area contributed by atoms with Crippen LogP contribution in [0.3, 0.4) is 0 Å². The van der Waals surface area contributed by atoms with Crippen molar-refractivity contribution in [3.05, 3.63) is 0 Å². The minimum absolute atomic E-state index is 0.873. The third-order valence-electron chi connectivity index (χ3n) is 4.72. The summed E-state index contributed by atoms with van der Waals surface area (Å²) in [6.07, 6.45) is 0. The Morgan fingerprint density at radius 1 is 0.600 bits per heavy atom. The molecule has 0 saturated carbocycles. The molecule has 0 aliphatic heterocycles. The van der Waals surface area contributed by atoms with Crippen LogP contribution in [-0.4, -0.2) is 89.8 Å². The van der Waals surface area contributed by atoms with Crippen LogP contribution in [0, 0.1) is 0 Å². The second-order valence-corrected chi connectivity index (χ2v) is 5.94. The van der Waals surface area contributed by atoms with Crippen molar-refractivity contribution in [2.24, 2.45) is 0 Å². The normalized spacial score (nSPS) is 12.0. The highest BCUT2D eigenvalue weighted by Gasteiger charge is 2.15. The van der Waals surface area contributed by atoms with E-state index in [1.807, 2.05) is 0 Å². The van der Waals surface area contributed by atoms with Gasteiger partial charge in [-0.25, -0.2) is 0 Å². The molecule has 0 spiro atoms. The smallest absolute Gasteiger partial charge is 0.102 e. The molecule has 0 atom stereocenters. The summed E-state index contributed by atoms with van der Waals surface area (Å²) in [7, 11) is 8.04. The topological polar surface area (TPSA) is 18.5 Å². The molecule has 0 aromatic rings. The molecular weight excluding hydrogens is 252 g/mol. The minimum atomic E-state index is 0.873. The fourth-order valence-corrected chi connectivity index (χ4v) is 1.70. The summed E-state index contributed by atoms with van der Waals surface area (Å²) < 4.78 is 12.3. The van der Waals surface area contributed by atoms with Crippen LogP contribution in [0.15, 0.2) is 0 Å². The molecule has 0 radical (unpaired) electrons. The van der Waals surface area contributed by atoms with Crippen molar-refractivity contribution in [1.29, 1.82) is 0 Å². The van der Waals surface area contributed by atoms with Gasteiger partial charge < -0.3 is 18.4 Å². The summed E-state index contributed by atoms with van der Waals surface area (Å²) in [6.45, 7) is 17.7. The molecule has 4 heteroatoms. The van der Waals surface area contributed by atoms with Crippen LogP contribution in [0.1, 0.15) is 27.7 Å². The summed E-state index contributed by atoms with van der Waals surface area (Å²) in [5.74, 6) is 0. The van der Waals surface area contributed by atoms with Crippen molar-refractivity contribution in [1.82, 2.24) is 0 Å². The van der Waals surface area contributed by atoms with E-state index >= 15 is 0 Å². The number of quaternary nitrogens is 2. The first-order valence-electron chi connectivity index (χ1n) is 8.01. The largest absolute Gasteiger partial charge is 0.379 e. The highest BCUT2D eigenvalue weighted by molar-refractivity contribution is 4.33. The van der Waals surface area contributed by atoms with Crippen molar-refractivity contribution in [2.75, 3.05) is 80.8 Å². The molecule has 124 valence electrons. The van der Waals surface area contributed by atoms with E-state index in [2.05, 4.69) is 41.8 Å². The lowest BCUT2D eigenvalue weighted by Gasteiger charge is -2.31. The van der Waals surface area contributed by atoms with E-state index in [0.29, 0.717) is 0 Å². The van der Waals surface area contributed by atoms with Crippen molar-refractivity contribution in [2.45, 2.75) is 27.7 Å². The maximum Gasteiger partial charge on any atom is 0.102 e. The number of ether oxygens (including phenoxy) is 2. The van der Waals surface area contributed by atoms with Gasteiger partial charge in [0.05, 0.1) is 53.5 Å². The molecule has 0 aliphatic rings. The van der Waals surface area contributed by atoms with Gasteiger partial charge in [0.1, 0.15) is 13.1 Å². The molecule has 0 unspecified atom stereocenters. The Morgan fingerprint density at radius 2 is 0.850 bits per heavy atom. The monoisotopic (exact) mass is 292 g/mol. The first kappa shape index (κ1) is 22.1. The van der Waals surface area contributed by atoms with Crippen LogP contribution in [-0.2, 0) is 9.47 Å². The average Bonchev–Trinajstić information content (AvgIpc) is 2.50. The minimum Gasteiger partial charge on any atom is -0.379 e. The van der Waals surface area contributed by atoms with E-state index in [9.17, 15) is 0 Å². The Kier molecular flexibility index (Phi) is 13.9. The summed E-state index contributed by atoms with van der Waals surface area (Å²) in [4.78, 5) is 0. The fourth-order valence-electron chi connectivity index (χ4n) is 1.70. The summed E-state index contributed by atoms with van der Waals surface area (Å²) in [5.41, 5.74) is 0. The van der Waals surface area contributed by atoms with Crippen molar-refractivity contribution in [3.63, 3.8) is 0 Å². The lowest BCUT2D eigenvalue weighted by Crippen LogP contribution is -2.45. The number of likely N-dealkylation sites (N-methyl/N-ethyl adjacent to an activating group) is 2. The summed E-state index contributed by atoms with van der Waals surface area (Å²) in [6, 6.07) is 0. The number of methoxy groups -OCH3 is 2. The maximum absolute atomic E-state index is 5.03. The van der Waals surface area contributed by atoms with Crippen LogP contribution in [0.25, 0.3) is 0 Å². The predicted octanol–water partition coefficient (Wildman–Crippen LogP) is 2.24. The standard InChI is InChI=1S/2C8H20NO/c2*1-5-9(3,6-2)7-8-10-4/h2*5-8H2,1-4H3/q2*+1. The second-order valence-electron chi connectivity index (χ2n) is 5.94. The van der Waals surface area contributed by atoms with Crippen molar-refractivity contribution < 1.29 is 18.4 Å². The average molecular weight is 293 g/mol. The highest BCUT2D eigenvalue weighted by Crippen LogP contribution is 2.00. The highest BCUT2D eigenvalue weighted by atomic mass is 16.5. The molecule has 4 nitrogen and oxygen atoms in total. The first-order valence-corrected chi connectivity index (χ1v) is 8.01. The summed E-state index contributed by atoms with van der Waals surface area (Å²) >= 11 is 0. The van der Waals surface area contributed by atoms with Crippen LogP contribution < -0.4 is 0 Å². The number of rotatable bonds is 10. The molecule has 0 fully saturated rings. The Labute approximate surface area is 127 Å². The van der Waals surface area contributed by atoms with Crippen LogP contribution in [0.2, 0.25) is 0 Å².